The van der Waals surface area contributed by atoms with Crippen molar-refractivity contribution in [2.75, 3.05) is 28.6 Å². The molecular formula is C25H25N7OS. The molecule has 1 aromatic carbocycles. The summed E-state index contributed by atoms with van der Waals surface area (Å²) in [5.74, 6) is 0.303. The van der Waals surface area contributed by atoms with Gasteiger partial charge < -0.3 is 15.5 Å². The Morgan fingerprint density at radius 2 is 1.88 bits per heavy atom. The van der Waals surface area contributed by atoms with Crippen LogP contribution in [0.3, 0.4) is 0 Å². The van der Waals surface area contributed by atoms with Crippen LogP contribution >= 0.6 is 11.3 Å². The van der Waals surface area contributed by atoms with E-state index in [-0.39, 0.29) is 5.91 Å². The molecule has 1 aliphatic rings. The van der Waals surface area contributed by atoms with E-state index < -0.39 is 0 Å². The van der Waals surface area contributed by atoms with Crippen LogP contribution in [0.5, 0.6) is 0 Å². The van der Waals surface area contributed by atoms with Gasteiger partial charge in [-0.2, -0.15) is 0 Å². The maximum absolute atomic E-state index is 12.5. The fraction of sp³-hybridized carbons (Fsp3) is 0.240. The van der Waals surface area contributed by atoms with Gasteiger partial charge in [0, 0.05) is 42.4 Å². The smallest absolute Gasteiger partial charge is 0.267 e. The first kappa shape index (κ1) is 22.0. The number of hydrogen-bond donors (Lipinski definition) is 2. The first-order chi connectivity index (χ1) is 16.5. The number of aryl methyl sites for hydroxylation is 2. The molecule has 0 spiro atoms. The quantitative estimate of drug-likeness (QED) is 0.399. The fourth-order valence-electron chi connectivity index (χ4n) is 3.91. The van der Waals surface area contributed by atoms with Crippen LogP contribution in [0.2, 0.25) is 0 Å². The molecule has 34 heavy (non-hydrogen) atoms. The lowest BCUT2D eigenvalue weighted by Gasteiger charge is -2.17. The first-order valence-electron chi connectivity index (χ1n) is 11.2. The van der Waals surface area contributed by atoms with Gasteiger partial charge in [-0.15, -0.1) is 11.3 Å². The molecule has 1 saturated heterocycles. The van der Waals surface area contributed by atoms with Gasteiger partial charge in [-0.05, 0) is 56.5 Å². The number of anilines is 4. The normalized spacial score (nSPS) is 13.2. The molecule has 0 unspecified atom stereocenters. The third-order valence-corrected chi connectivity index (χ3v) is 6.64. The van der Waals surface area contributed by atoms with Crippen molar-refractivity contribution in [2.24, 2.45) is 0 Å². The van der Waals surface area contributed by atoms with E-state index in [4.69, 9.17) is 4.98 Å². The minimum Gasteiger partial charge on any atom is -0.370 e. The van der Waals surface area contributed by atoms with Gasteiger partial charge in [0.05, 0.1) is 28.8 Å². The molecule has 0 atom stereocenters. The minimum absolute atomic E-state index is 0.177. The average molecular weight is 472 g/mol. The minimum atomic E-state index is -0.177. The van der Waals surface area contributed by atoms with Gasteiger partial charge in [0.15, 0.2) is 0 Å². The summed E-state index contributed by atoms with van der Waals surface area (Å²) in [5, 5.41) is 7.08. The molecule has 0 aliphatic carbocycles. The van der Waals surface area contributed by atoms with E-state index in [0.717, 1.165) is 46.3 Å². The summed E-state index contributed by atoms with van der Waals surface area (Å²) in [6.07, 6.45) is 9.50. The van der Waals surface area contributed by atoms with Crippen molar-refractivity contribution in [2.45, 2.75) is 26.7 Å². The lowest BCUT2D eigenvalue weighted by molar-refractivity contribution is 0.103. The third-order valence-electron chi connectivity index (χ3n) is 5.73. The molecule has 2 N–H and O–H groups in total. The van der Waals surface area contributed by atoms with Crippen LogP contribution in [-0.4, -0.2) is 38.9 Å². The molecule has 0 radical (unpaired) electrons. The van der Waals surface area contributed by atoms with Crippen LogP contribution in [0.15, 0.2) is 55.1 Å². The maximum Gasteiger partial charge on any atom is 0.267 e. The Labute approximate surface area is 202 Å². The SMILES string of the molecule is Cc1ncc(C(=O)Nc2ccc(C)c(Nc3nccc(-c4cncc(N5CCCC5)c4)n3)c2)s1. The number of carbonyl (C=O) groups is 1. The van der Waals surface area contributed by atoms with Crippen molar-refractivity contribution >= 4 is 40.3 Å². The zero-order chi connectivity index (χ0) is 23.5. The van der Waals surface area contributed by atoms with E-state index in [0.29, 0.717) is 16.5 Å². The van der Waals surface area contributed by atoms with Gasteiger partial charge >= 0.3 is 0 Å². The van der Waals surface area contributed by atoms with Crippen LogP contribution in [0.1, 0.15) is 33.1 Å². The molecule has 8 nitrogen and oxygen atoms in total. The van der Waals surface area contributed by atoms with E-state index in [1.54, 1.807) is 12.4 Å². The van der Waals surface area contributed by atoms with E-state index in [1.165, 1.54) is 24.2 Å². The Hall–Kier alpha value is -3.85. The lowest BCUT2D eigenvalue weighted by atomic mass is 10.1. The number of thiazole rings is 1. The van der Waals surface area contributed by atoms with Gasteiger partial charge in [-0.3, -0.25) is 9.78 Å². The van der Waals surface area contributed by atoms with Gasteiger partial charge in [-0.1, -0.05) is 6.07 Å². The lowest BCUT2D eigenvalue weighted by Crippen LogP contribution is -2.17. The van der Waals surface area contributed by atoms with E-state index in [2.05, 4.69) is 36.6 Å². The molecule has 4 heterocycles. The summed E-state index contributed by atoms with van der Waals surface area (Å²) in [7, 11) is 0. The number of amides is 1. The Balaban J connectivity index is 1.35. The van der Waals surface area contributed by atoms with Crippen molar-refractivity contribution in [3.8, 4) is 11.3 Å². The number of nitrogens with zero attached hydrogens (tertiary/aromatic N) is 5. The van der Waals surface area contributed by atoms with Crippen LogP contribution in [0, 0.1) is 13.8 Å². The topological polar surface area (TPSA) is 95.9 Å². The average Bonchev–Trinajstić information content (AvgIpc) is 3.54. The summed E-state index contributed by atoms with van der Waals surface area (Å²) >= 11 is 1.37. The molecule has 9 heteroatoms. The molecule has 1 amide bonds. The predicted octanol–water partition coefficient (Wildman–Crippen LogP) is 5.21. The Morgan fingerprint density at radius 1 is 1.03 bits per heavy atom. The van der Waals surface area contributed by atoms with Crippen LogP contribution in [0.25, 0.3) is 11.3 Å². The number of nitrogens with one attached hydrogen (secondary N) is 2. The molecule has 4 aromatic rings. The fourth-order valence-corrected chi connectivity index (χ4v) is 4.58. The van der Waals surface area contributed by atoms with Crippen LogP contribution in [-0.2, 0) is 0 Å². The number of hydrogen-bond acceptors (Lipinski definition) is 8. The van der Waals surface area contributed by atoms with E-state index in [9.17, 15) is 4.79 Å². The predicted molar refractivity (Wildman–Crippen MR) is 136 cm³/mol. The summed E-state index contributed by atoms with van der Waals surface area (Å²) in [6, 6.07) is 9.72. The first-order valence-corrected chi connectivity index (χ1v) is 12.0. The number of carbonyl (C=O) groups excluding carboxylic acids is 1. The summed E-state index contributed by atoms with van der Waals surface area (Å²) in [6.45, 7) is 6.00. The van der Waals surface area contributed by atoms with Crippen molar-refractivity contribution in [3.05, 3.63) is 70.6 Å². The number of rotatable bonds is 6. The summed E-state index contributed by atoms with van der Waals surface area (Å²) in [5.41, 5.74) is 5.39. The molecule has 3 aromatic heterocycles. The molecule has 0 bridgehead atoms. The highest BCUT2D eigenvalue weighted by molar-refractivity contribution is 7.13. The Bertz CT molecular complexity index is 1330. The monoisotopic (exact) mass is 471 g/mol. The number of aromatic nitrogens is 4. The molecule has 172 valence electrons. The second-order valence-electron chi connectivity index (χ2n) is 8.24. The van der Waals surface area contributed by atoms with Crippen molar-refractivity contribution in [1.29, 1.82) is 0 Å². The molecular weight excluding hydrogens is 446 g/mol. The molecule has 5 rings (SSSR count). The highest BCUT2D eigenvalue weighted by atomic mass is 32.1. The van der Waals surface area contributed by atoms with Crippen molar-refractivity contribution < 1.29 is 4.79 Å². The van der Waals surface area contributed by atoms with Gasteiger partial charge in [0.2, 0.25) is 5.95 Å². The van der Waals surface area contributed by atoms with Crippen molar-refractivity contribution in [3.63, 3.8) is 0 Å². The van der Waals surface area contributed by atoms with E-state index >= 15 is 0 Å². The number of pyridine rings is 1. The molecule has 1 fully saturated rings. The van der Waals surface area contributed by atoms with Crippen LogP contribution in [0.4, 0.5) is 23.0 Å². The zero-order valence-electron chi connectivity index (χ0n) is 19.1. The standard InChI is InChI=1S/C25H25N7OS/c1-16-5-6-19(29-24(33)23-15-28-17(2)34-23)12-22(16)31-25-27-8-7-21(30-25)18-11-20(14-26-13-18)32-9-3-4-10-32/h5-8,11-15H,3-4,9-10H2,1-2H3,(H,29,33)(H,27,30,31). The second kappa shape index (κ2) is 9.56. The van der Waals surface area contributed by atoms with E-state index in [1.807, 2.05) is 50.5 Å². The maximum atomic E-state index is 12.5. The van der Waals surface area contributed by atoms with Gasteiger partial charge in [0.1, 0.15) is 4.88 Å². The summed E-state index contributed by atoms with van der Waals surface area (Å²) < 4.78 is 0. The van der Waals surface area contributed by atoms with Gasteiger partial charge in [0.25, 0.3) is 5.91 Å². The van der Waals surface area contributed by atoms with Crippen molar-refractivity contribution in [1.82, 2.24) is 19.9 Å². The largest absolute Gasteiger partial charge is 0.370 e. The zero-order valence-corrected chi connectivity index (χ0v) is 19.9. The number of benzene rings is 1. The molecule has 0 saturated carbocycles. The molecule has 1 aliphatic heterocycles. The highest BCUT2D eigenvalue weighted by Gasteiger charge is 2.14. The second-order valence-corrected chi connectivity index (χ2v) is 9.48. The van der Waals surface area contributed by atoms with Gasteiger partial charge in [-0.25, -0.2) is 15.0 Å². The summed E-state index contributed by atoms with van der Waals surface area (Å²) in [4.78, 5) is 33.1. The Kier molecular flexibility index (Phi) is 6.18. The highest BCUT2D eigenvalue weighted by Crippen LogP contribution is 2.27. The Morgan fingerprint density at radius 3 is 2.68 bits per heavy atom. The van der Waals surface area contributed by atoms with Crippen LogP contribution < -0.4 is 15.5 Å². The third kappa shape index (κ3) is 4.89.